The Kier molecular flexibility index (Phi) is 3.92. The Morgan fingerprint density at radius 2 is 2.10 bits per heavy atom. The van der Waals surface area contributed by atoms with Crippen molar-refractivity contribution in [2.24, 2.45) is 0 Å². The van der Waals surface area contributed by atoms with Crippen LogP contribution >= 0.6 is 11.3 Å². The normalized spacial score (nSPS) is 12.4. The summed E-state index contributed by atoms with van der Waals surface area (Å²) in [6.45, 7) is 2.21. The van der Waals surface area contributed by atoms with Crippen molar-refractivity contribution >= 4 is 27.9 Å². The lowest BCUT2D eigenvalue weighted by molar-refractivity contribution is 0.688. The molecule has 0 amide bonds. The number of hydrogen-bond acceptors (Lipinski definition) is 4. The van der Waals surface area contributed by atoms with Crippen LogP contribution in [-0.2, 0) is 0 Å². The fourth-order valence-electron chi connectivity index (χ4n) is 2.37. The van der Waals surface area contributed by atoms with Crippen molar-refractivity contribution in [2.45, 2.75) is 25.8 Å². The highest BCUT2D eigenvalue weighted by atomic mass is 32.1. The molecule has 3 nitrogen and oxygen atoms in total. The third-order valence-electron chi connectivity index (χ3n) is 3.34. The van der Waals surface area contributed by atoms with E-state index in [2.05, 4.69) is 46.0 Å². The summed E-state index contributed by atoms with van der Waals surface area (Å²) in [7, 11) is 0. The highest BCUT2D eigenvalue weighted by molar-refractivity contribution is 7.10. The van der Waals surface area contributed by atoms with Crippen LogP contribution in [0.15, 0.2) is 48.0 Å². The van der Waals surface area contributed by atoms with Gasteiger partial charge in [0.1, 0.15) is 0 Å². The van der Waals surface area contributed by atoms with Gasteiger partial charge in [-0.15, -0.1) is 11.3 Å². The monoisotopic (exact) mass is 283 g/mol. The molecule has 3 rings (SSSR count). The second kappa shape index (κ2) is 6.01. The van der Waals surface area contributed by atoms with Crippen molar-refractivity contribution < 1.29 is 0 Å². The van der Waals surface area contributed by atoms with Crippen molar-refractivity contribution in [3.05, 3.63) is 52.9 Å². The molecule has 0 aliphatic heterocycles. The van der Waals surface area contributed by atoms with Crippen molar-refractivity contribution in [1.29, 1.82) is 0 Å². The Morgan fingerprint density at radius 3 is 2.90 bits per heavy atom. The van der Waals surface area contributed by atoms with Gasteiger partial charge in [0.2, 0.25) is 0 Å². The Hall–Kier alpha value is -1.94. The minimum absolute atomic E-state index is 0.340. The van der Waals surface area contributed by atoms with Crippen LogP contribution in [0.25, 0.3) is 10.9 Å². The molecule has 2 aromatic heterocycles. The van der Waals surface area contributed by atoms with E-state index in [1.165, 1.54) is 4.88 Å². The number of benzene rings is 1. The summed E-state index contributed by atoms with van der Waals surface area (Å²) in [5.74, 6) is 0. The van der Waals surface area contributed by atoms with Gasteiger partial charge < -0.3 is 5.32 Å². The first-order chi connectivity index (χ1) is 9.88. The van der Waals surface area contributed by atoms with Gasteiger partial charge in [-0.3, -0.25) is 0 Å². The molecule has 0 spiro atoms. The number of rotatable bonds is 5. The Morgan fingerprint density at radius 1 is 1.20 bits per heavy atom. The van der Waals surface area contributed by atoms with E-state index in [1.54, 1.807) is 11.3 Å². The molecule has 0 fully saturated rings. The smallest absolute Gasteiger partial charge is 0.0950 e. The molecule has 0 aliphatic rings. The van der Waals surface area contributed by atoms with Crippen LogP contribution in [-0.4, -0.2) is 10.2 Å². The maximum atomic E-state index is 4.17. The van der Waals surface area contributed by atoms with Crippen LogP contribution in [0.4, 0.5) is 5.69 Å². The highest BCUT2D eigenvalue weighted by Crippen LogP contribution is 2.29. The van der Waals surface area contributed by atoms with Crippen molar-refractivity contribution in [2.75, 3.05) is 5.32 Å². The number of nitrogens with zero attached hydrogens (tertiary/aromatic N) is 2. The van der Waals surface area contributed by atoms with E-state index in [4.69, 9.17) is 0 Å². The highest BCUT2D eigenvalue weighted by Gasteiger charge is 2.13. The van der Waals surface area contributed by atoms with Gasteiger partial charge in [-0.1, -0.05) is 37.6 Å². The molecule has 0 aliphatic carbocycles. The summed E-state index contributed by atoms with van der Waals surface area (Å²) >= 11 is 1.80. The number of thiophene rings is 1. The van der Waals surface area contributed by atoms with Gasteiger partial charge in [-0.25, -0.2) is 0 Å². The summed E-state index contributed by atoms with van der Waals surface area (Å²) in [4.78, 5) is 1.37. The minimum Gasteiger partial charge on any atom is -0.376 e. The number of nitrogens with one attached hydrogen (secondary N) is 1. The lowest BCUT2D eigenvalue weighted by Gasteiger charge is -2.18. The molecule has 4 heteroatoms. The van der Waals surface area contributed by atoms with Crippen LogP contribution in [0.2, 0.25) is 0 Å². The first kappa shape index (κ1) is 13.1. The van der Waals surface area contributed by atoms with Gasteiger partial charge in [0.25, 0.3) is 0 Å². The maximum absolute atomic E-state index is 4.17. The van der Waals surface area contributed by atoms with Crippen LogP contribution in [0.3, 0.4) is 0 Å². The second-order valence-corrected chi connectivity index (χ2v) is 5.76. The fraction of sp³-hybridized carbons (Fsp3) is 0.250. The third-order valence-corrected chi connectivity index (χ3v) is 4.33. The summed E-state index contributed by atoms with van der Waals surface area (Å²) in [5.41, 5.74) is 1.99. The Balaban J connectivity index is 1.94. The summed E-state index contributed by atoms with van der Waals surface area (Å²) in [6, 6.07) is 12.7. The van der Waals surface area contributed by atoms with Gasteiger partial charge >= 0.3 is 0 Å². The molecule has 20 heavy (non-hydrogen) atoms. The van der Waals surface area contributed by atoms with E-state index in [-0.39, 0.29) is 0 Å². The first-order valence-corrected chi connectivity index (χ1v) is 7.77. The van der Waals surface area contributed by atoms with E-state index < -0.39 is 0 Å². The van der Waals surface area contributed by atoms with E-state index in [0.717, 1.165) is 29.4 Å². The van der Waals surface area contributed by atoms with Crippen molar-refractivity contribution in [3.8, 4) is 0 Å². The number of anilines is 1. The molecule has 3 aromatic rings. The molecular weight excluding hydrogens is 266 g/mol. The van der Waals surface area contributed by atoms with E-state index in [9.17, 15) is 0 Å². The summed E-state index contributed by atoms with van der Waals surface area (Å²) in [6.07, 6.45) is 4.07. The van der Waals surface area contributed by atoms with Crippen LogP contribution < -0.4 is 5.32 Å². The molecule has 0 radical (unpaired) electrons. The average molecular weight is 283 g/mol. The molecule has 1 unspecified atom stereocenters. The van der Waals surface area contributed by atoms with E-state index in [1.807, 2.05) is 24.4 Å². The molecule has 2 heterocycles. The van der Waals surface area contributed by atoms with Crippen LogP contribution in [0, 0.1) is 0 Å². The zero-order valence-electron chi connectivity index (χ0n) is 11.4. The number of aromatic nitrogens is 2. The van der Waals surface area contributed by atoms with E-state index in [0.29, 0.717) is 6.04 Å². The van der Waals surface area contributed by atoms with Crippen LogP contribution in [0.1, 0.15) is 30.7 Å². The summed E-state index contributed by atoms with van der Waals surface area (Å²) < 4.78 is 0. The van der Waals surface area contributed by atoms with Crippen molar-refractivity contribution in [1.82, 2.24) is 10.2 Å². The number of hydrogen-bond donors (Lipinski definition) is 1. The van der Waals surface area contributed by atoms with Gasteiger partial charge in [0.15, 0.2) is 0 Å². The molecule has 0 saturated heterocycles. The molecule has 1 atom stereocenters. The zero-order valence-corrected chi connectivity index (χ0v) is 12.2. The molecule has 1 N–H and O–H groups in total. The average Bonchev–Trinajstić information content (AvgIpc) is 3.01. The molecule has 0 saturated carbocycles. The quantitative estimate of drug-likeness (QED) is 0.741. The first-order valence-electron chi connectivity index (χ1n) is 6.89. The standard InChI is InChI=1S/C16H17N3S/c1-2-6-14(16-9-5-10-20-16)18-15-11-17-19-13-8-4-3-7-12(13)15/h3-5,7-11,14H,2,6H2,1H3,(H,18,19). The third kappa shape index (κ3) is 2.65. The summed E-state index contributed by atoms with van der Waals surface area (Å²) in [5, 5.41) is 15.2. The molecule has 1 aromatic carbocycles. The van der Waals surface area contributed by atoms with Crippen molar-refractivity contribution in [3.63, 3.8) is 0 Å². The maximum Gasteiger partial charge on any atom is 0.0950 e. The SMILES string of the molecule is CCCC(Nc1cnnc2ccccc12)c1cccs1. The molecule has 0 bridgehead atoms. The zero-order chi connectivity index (χ0) is 13.8. The Labute approximate surface area is 122 Å². The number of fused-ring (bicyclic) bond motifs is 1. The molecular formula is C16H17N3S. The Bertz CT molecular complexity index is 674. The minimum atomic E-state index is 0.340. The van der Waals surface area contributed by atoms with Gasteiger partial charge in [-0.05, 0) is 23.9 Å². The van der Waals surface area contributed by atoms with Crippen LogP contribution in [0.5, 0.6) is 0 Å². The predicted octanol–water partition coefficient (Wildman–Crippen LogP) is 4.64. The van der Waals surface area contributed by atoms with E-state index >= 15 is 0 Å². The fourth-order valence-corrected chi connectivity index (χ4v) is 3.19. The molecule has 102 valence electrons. The largest absolute Gasteiger partial charge is 0.376 e. The van der Waals surface area contributed by atoms with Gasteiger partial charge in [0.05, 0.1) is 23.4 Å². The lowest BCUT2D eigenvalue weighted by Crippen LogP contribution is -2.10. The topological polar surface area (TPSA) is 37.8 Å². The lowest BCUT2D eigenvalue weighted by atomic mass is 10.1. The van der Waals surface area contributed by atoms with Gasteiger partial charge in [-0.2, -0.15) is 10.2 Å². The predicted molar refractivity (Wildman–Crippen MR) is 85.1 cm³/mol. The van der Waals surface area contributed by atoms with Gasteiger partial charge in [0, 0.05) is 10.3 Å². The second-order valence-electron chi connectivity index (χ2n) is 4.78.